The minimum atomic E-state index is -1.04. The Morgan fingerprint density at radius 2 is 2.06 bits per heavy atom. The Morgan fingerprint density at radius 1 is 1.31 bits per heavy atom. The molecular weight excluding hydrogens is 456 g/mol. The minimum Gasteiger partial charge on any atom is -0.478 e. The zero-order valence-electron chi connectivity index (χ0n) is 17.5. The number of para-hydroxylation sites is 1. The Morgan fingerprint density at radius 3 is 2.72 bits per heavy atom. The van der Waals surface area contributed by atoms with Gasteiger partial charge in [0.1, 0.15) is 11.6 Å². The van der Waals surface area contributed by atoms with Crippen molar-refractivity contribution in [3.8, 4) is 5.69 Å². The molecule has 32 heavy (non-hydrogen) atoms. The molecule has 0 saturated carbocycles. The molecule has 2 aromatic carbocycles. The molecule has 1 unspecified atom stereocenters. The maximum atomic E-state index is 14.2. The summed E-state index contributed by atoms with van der Waals surface area (Å²) in [5, 5.41) is 9.73. The summed E-state index contributed by atoms with van der Waals surface area (Å²) in [7, 11) is 0. The molecule has 0 amide bonds. The standard InChI is InChI=1S/C23H23F2N3O2S.ClH/c1-2-13-4-3-5-19(22(29)30)21(13)27-12-17(11-26)28(23(27)31)16-6-7-18-14(9-16)8-15(24)10-20(18)25;/h3-5,8,10,12,16H,2,6-7,9,11,26H2,1H3,(H,29,30);1H. The molecule has 1 aliphatic rings. The van der Waals surface area contributed by atoms with Gasteiger partial charge in [0.25, 0.3) is 0 Å². The molecule has 1 aliphatic carbocycles. The van der Waals surface area contributed by atoms with Crippen molar-refractivity contribution in [1.82, 2.24) is 9.13 Å². The van der Waals surface area contributed by atoms with Gasteiger partial charge in [0, 0.05) is 24.8 Å². The molecule has 0 spiro atoms. The number of carboxylic acid groups (broad SMARTS) is 1. The first-order chi connectivity index (χ1) is 14.8. The number of hydrogen-bond acceptors (Lipinski definition) is 3. The van der Waals surface area contributed by atoms with Gasteiger partial charge in [0.15, 0.2) is 4.77 Å². The monoisotopic (exact) mass is 479 g/mol. The summed E-state index contributed by atoms with van der Waals surface area (Å²) in [6, 6.07) is 7.33. The molecule has 4 rings (SSSR count). The number of imidazole rings is 1. The Kier molecular flexibility index (Phi) is 7.17. The molecule has 0 aliphatic heterocycles. The SMILES string of the molecule is CCc1cccc(C(=O)O)c1-n1cc(CN)n(C2CCc3c(F)cc(F)cc3C2)c1=S.Cl. The number of carboxylic acids is 1. The third-order valence-electron chi connectivity index (χ3n) is 5.98. The Bertz CT molecular complexity index is 1240. The van der Waals surface area contributed by atoms with E-state index in [1.54, 1.807) is 22.9 Å². The van der Waals surface area contributed by atoms with Crippen LogP contribution in [0.1, 0.15) is 52.1 Å². The number of aromatic nitrogens is 2. The van der Waals surface area contributed by atoms with E-state index < -0.39 is 17.6 Å². The highest BCUT2D eigenvalue weighted by atomic mass is 35.5. The Labute approximate surface area is 195 Å². The summed E-state index contributed by atoms with van der Waals surface area (Å²) in [5.74, 6) is -2.15. The fourth-order valence-corrected chi connectivity index (χ4v) is 4.96. The predicted octanol–water partition coefficient (Wildman–Crippen LogP) is 5.16. The maximum Gasteiger partial charge on any atom is 0.337 e. The van der Waals surface area contributed by atoms with Gasteiger partial charge < -0.3 is 15.4 Å². The van der Waals surface area contributed by atoms with Crippen molar-refractivity contribution in [3.05, 3.63) is 80.9 Å². The summed E-state index contributed by atoms with van der Waals surface area (Å²) in [5.41, 5.74) is 9.48. The van der Waals surface area contributed by atoms with Crippen LogP contribution < -0.4 is 5.73 Å². The van der Waals surface area contributed by atoms with Crippen molar-refractivity contribution < 1.29 is 18.7 Å². The van der Waals surface area contributed by atoms with E-state index in [1.807, 2.05) is 17.6 Å². The van der Waals surface area contributed by atoms with Gasteiger partial charge in [0.2, 0.25) is 0 Å². The van der Waals surface area contributed by atoms with Gasteiger partial charge in [-0.2, -0.15) is 0 Å². The van der Waals surface area contributed by atoms with Gasteiger partial charge in [-0.1, -0.05) is 19.1 Å². The first kappa shape index (κ1) is 24.1. The van der Waals surface area contributed by atoms with Crippen LogP contribution >= 0.6 is 24.6 Å². The lowest BCUT2D eigenvalue weighted by Gasteiger charge is -2.27. The third kappa shape index (κ3) is 4.10. The van der Waals surface area contributed by atoms with Crippen LogP contribution in [0.25, 0.3) is 5.69 Å². The molecule has 1 aromatic heterocycles. The average Bonchev–Trinajstić information content (AvgIpc) is 3.08. The smallest absolute Gasteiger partial charge is 0.337 e. The van der Waals surface area contributed by atoms with E-state index in [9.17, 15) is 18.7 Å². The fourth-order valence-electron chi connectivity index (χ4n) is 4.55. The fraction of sp³-hybridized carbons (Fsp3) is 0.304. The molecule has 170 valence electrons. The van der Waals surface area contributed by atoms with Crippen molar-refractivity contribution in [2.45, 2.75) is 45.2 Å². The number of halogens is 3. The summed E-state index contributed by atoms with van der Waals surface area (Å²) in [6.07, 6.45) is 3.94. The van der Waals surface area contributed by atoms with Gasteiger partial charge in [-0.15, -0.1) is 12.4 Å². The zero-order chi connectivity index (χ0) is 22.3. The molecule has 0 bridgehead atoms. The lowest BCUT2D eigenvalue weighted by molar-refractivity contribution is 0.0696. The number of hydrogen-bond donors (Lipinski definition) is 2. The van der Waals surface area contributed by atoms with E-state index in [0.717, 1.165) is 17.3 Å². The van der Waals surface area contributed by atoms with Crippen LogP contribution in [0.15, 0.2) is 36.5 Å². The van der Waals surface area contributed by atoms with Crippen LogP contribution in [-0.4, -0.2) is 20.2 Å². The highest BCUT2D eigenvalue weighted by Crippen LogP contribution is 2.33. The van der Waals surface area contributed by atoms with Crippen LogP contribution in [0.5, 0.6) is 0 Å². The molecule has 0 radical (unpaired) electrons. The second-order valence-electron chi connectivity index (χ2n) is 7.74. The van der Waals surface area contributed by atoms with Crippen LogP contribution in [0.3, 0.4) is 0 Å². The number of nitrogens with zero attached hydrogens (tertiary/aromatic N) is 2. The quantitative estimate of drug-likeness (QED) is 0.496. The zero-order valence-corrected chi connectivity index (χ0v) is 19.1. The normalized spacial score (nSPS) is 15.2. The van der Waals surface area contributed by atoms with E-state index in [0.29, 0.717) is 47.3 Å². The van der Waals surface area contributed by atoms with Crippen LogP contribution in [0.4, 0.5) is 8.78 Å². The van der Waals surface area contributed by atoms with Crippen LogP contribution in [0.2, 0.25) is 0 Å². The molecular formula is C23H24ClF2N3O2S. The molecule has 0 fully saturated rings. The van der Waals surface area contributed by atoms with E-state index in [2.05, 4.69) is 0 Å². The number of aryl methyl sites for hydroxylation is 1. The Hall–Kier alpha value is -2.55. The predicted molar refractivity (Wildman–Crippen MR) is 123 cm³/mol. The second-order valence-corrected chi connectivity index (χ2v) is 8.11. The number of carbonyl (C=O) groups is 1. The van der Waals surface area contributed by atoms with E-state index >= 15 is 0 Å². The first-order valence-corrected chi connectivity index (χ1v) is 10.6. The molecule has 1 heterocycles. The van der Waals surface area contributed by atoms with E-state index in [1.165, 1.54) is 6.07 Å². The number of aromatic carboxylic acids is 1. The van der Waals surface area contributed by atoms with Gasteiger partial charge >= 0.3 is 5.97 Å². The van der Waals surface area contributed by atoms with Gasteiger partial charge in [-0.05, 0) is 66.7 Å². The molecule has 9 heteroatoms. The number of fused-ring (bicyclic) bond motifs is 1. The first-order valence-electron chi connectivity index (χ1n) is 10.2. The number of benzene rings is 2. The Balaban J connectivity index is 0.00000289. The highest BCUT2D eigenvalue weighted by molar-refractivity contribution is 7.71. The average molecular weight is 480 g/mol. The van der Waals surface area contributed by atoms with Gasteiger partial charge in [-0.25, -0.2) is 13.6 Å². The van der Waals surface area contributed by atoms with E-state index in [-0.39, 0.29) is 30.6 Å². The minimum absolute atomic E-state index is 0. The summed E-state index contributed by atoms with van der Waals surface area (Å²) < 4.78 is 32.0. The van der Waals surface area contributed by atoms with Crippen molar-refractivity contribution in [1.29, 1.82) is 0 Å². The van der Waals surface area contributed by atoms with Crippen molar-refractivity contribution >= 4 is 30.6 Å². The molecule has 3 N–H and O–H groups in total. The highest BCUT2D eigenvalue weighted by Gasteiger charge is 2.27. The van der Waals surface area contributed by atoms with E-state index in [4.69, 9.17) is 18.0 Å². The van der Waals surface area contributed by atoms with Crippen molar-refractivity contribution in [2.75, 3.05) is 0 Å². The van der Waals surface area contributed by atoms with Crippen molar-refractivity contribution in [3.63, 3.8) is 0 Å². The molecule has 1 atom stereocenters. The number of nitrogens with two attached hydrogens (primary N) is 1. The summed E-state index contributed by atoms with van der Waals surface area (Å²) >= 11 is 5.78. The second kappa shape index (κ2) is 9.52. The summed E-state index contributed by atoms with van der Waals surface area (Å²) in [4.78, 5) is 11.9. The van der Waals surface area contributed by atoms with Crippen molar-refractivity contribution in [2.24, 2.45) is 5.73 Å². The largest absolute Gasteiger partial charge is 0.478 e. The lowest BCUT2D eigenvalue weighted by Crippen LogP contribution is -2.22. The van der Waals surface area contributed by atoms with Gasteiger partial charge in [0.05, 0.1) is 16.9 Å². The number of rotatable bonds is 5. The topological polar surface area (TPSA) is 73.2 Å². The van der Waals surface area contributed by atoms with Crippen LogP contribution in [-0.2, 0) is 25.8 Å². The maximum absolute atomic E-state index is 14.2. The summed E-state index contributed by atoms with van der Waals surface area (Å²) in [6.45, 7) is 2.16. The lowest BCUT2D eigenvalue weighted by atomic mass is 9.87. The van der Waals surface area contributed by atoms with Crippen LogP contribution in [0, 0.1) is 16.4 Å². The molecule has 3 aromatic rings. The molecule has 0 saturated heterocycles. The van der Waals surface area contributed by atoms with Gasteiger partial charge in [-0.3, -0.25) is 4.57 Å². The molecule has 5 nitrogen and oxygen atoms in total. The third-order valence-corrected chi connectivity index (χ3v) is 6.37.